The molecule has 1 heterocycles. The topological polar surface area (TPSA) is 74.0 Å². The second-order valence-electron chi connectivity index (χ2n) is 3.68. The molecule has 0 aliphatic rings. The maximum atomic E-state index is 11.2. The minimum Gasteiger partial charge on any atom is -0.478 e. The molecule has 19 heavy (non-hydrogen) atoms. The highest BCUT2D eigenvalue weighted by atomic mass is 35.5. The van der Waals surface area contributed by atoms with Crippen LogP contribution in [0.3, 0.4) is 0 Å². The van der Waals surface area contributed by atoms with E-state index in [2.05, 4.69) is 4.98 Å². The molecule has 0 radical (unpaired) electrons. The third-order valence-corrected chi connectivity index (χ3v) is 2.84. The van der Waals surface area contributed by atoms with Crippen LogP contribution in [0.1, 0.15) is 15.9 Å². The van der Waals surface area contributed by atoms with Crippen molar-refractivity contribution in [1.82, 2.24) is 4.98 Å². The average Bonchev–Trinajstić information content (AvgIpc) is 2.36. The summed E-state index contributed by atoms with van der Waals surface area (Å²) in [7, 11) is 0. The van der Waals surface area contributed by atoms with E-state index in [1.165, 1.54) is 30.3 Å². The number of nitrogens with zero attached hydrogens (tertiary/aromatic N) is 2. The maximum absolute atomic E-state index is 11.2. The van der Waals surface area contributed by atoms with Gasteiger partial charge in [0.25, 0.3) is 0 Å². The Morgan fingerprint density at radius 3 is 2.37 bits per heavy atom. The van der Waals surface area contributed by atoms with E-state index in [0.29, 0.717) is 16.7 Å². The zero-order chi connectivity index (χ0) is 14.0. The monoisotopic (exact) mass is 292 g/mol. The van der Waals surface area contributed by atoms with E-state index in [1.807, 2.05) is 6.07 Å². The Hall–Kier alpha value is -2.09. The van der Waals surface area contributed by atoms with Gasteiger partial charge in [-0.15, -0.1) is 0 Å². The minimum absolute atomic E-state index is 0.0670. The predicted octanol–water partition coefficient (Wildman–Crippen LogP) is 3.63. The molecule has 4 nitrogen and oxygen atoms in total. The lowest BCUT2D eigenvalue weighted by Crippen LogP contribution is -2.00. The molecule has 1 aromatic carbocycles. The summed E-state index contributed by atoms with van der Waals surface area (Å²) in [5, 5.41) is 18.4. The van der Waals surface area contributed by atoms with E-state index in [1.54, 1.807) is 0 Å². The molecule has 1 N–H and O–H groups in total. The summed E-state index contributed by atoms with van der Waals surface area (Å²) in [6.07, 6.45) is 0. The van der Waals surface area contributed by atoms with Gasteiger partial charge in [-0.2, -0.15) is 5.26 Å². The summed E-state index contributed by atoms with van der Waals surface area (Å²) in [5.74, 6) is -1.09. The first kappa shape index (κ1) is 13.3. The Morgan fingerprint density at radius 2 is 1.84 bits per heavy atom. The van der Waals surface area contributed by atoms with Crippen molar-refractivity contribution in [3.8, 4) is 17.2 Å². The van der Waals surface area contributed by atoms with Crippen LogP contribution in [0.25, 0.3) is 11.1 Å². The van der Waals surface area contributed by atoms with Gasteiger partial charge in [0, 0.05) is 0 Å². The Balaban J connectivity index is 2.72. The van der Waals surface area contributed by atoms with Crippen LogP contribution in [-0.4, -0.2) is 16.1 Å². The van der Waals surface area contributed by atoms with Gasteiger partial charge in [0.2, 0.25) is 0 Å². The van der Waals surface area contributed by atoms with Crippen LogP contribution in [0.4, 0.5) is 0 Å². The number of carboxylic acid groups (broad SMARTS) is 1. The standard InChI is InChI=1S/C13H6Cl2N2O2/c14-11-4-8(5-12(15)17-11)10-3-7(6-16)1-2-9(10)13(18)19/h1-5H,(H,18,19). The molecule has 0 fully saturated rings. The second kappa shape index (κ2) is 5.27. The molecule has 6 heteroatoms. The zero-order valence-electron chi connectivity index (χ0n) is 9.39. The first-order valence-corrected chi connectivity index (χ1v) is 5.88. The number of aromatic nitrogens is 1. The Labute approximate surface area is 118 Å². The number of hydrogen-bond donors (Lipinski definition) is 1. The van der Waals surface area contributed by atoms with E-state index in [-0.39, 0.29) is 15.9 Å². The van der Waals surface area contributed by atoms with Crippen molar-refractivity contribution in [2.24, 2.45) is 0 Å². The molecule has 0 amide bonds. The summed E-state index contributed by atoms with van der Waals surface area (Å²) in [6.45, 7) is 0. The number of pyridine rings is 1. The molecule has 0 atom stereocenters. The molecule has 1 aromatic heterocycles. The summed E-state index contributed by atoms with van der Waals surface area (Å²) >= 11 is 11.6. The van der Waals surface area contributed by atoms with Crippen molar-refractivity contribution in [1.29, 1.82) is 5.26 Å². The van der Waals surface area contributed by atoms with Gasteiger partial charge in [-0.25, -0.2) is 9.78 Å². The lowest BCUT2D eigenvalue weighted by atomic mass is 9.98. The number of halogens is 2. The van der Waals surface area contributed by atoms with Gasteiger partial charge in [0.15, 0.2) is 0 Å². The quantitative estimate of drug-likeness (QED) is 0.858. The number of hydrogen-bond acceptors (Lipinski definition) is 3. The summed E-state index contributed by atoms with van der Waals surface area (Å²) < 4.78 is 0. The van der Waals surface area contributed by atoms with Gasteiger partial charge in [-0.1, -0.05) is 23.2 Å². The highest BCUT2D eigenvalue weighted by molar-refractivity contribution is 6.32. The predicted molar refractivity (Wildman–Crippen MR) is 71.4 cm³/mol. The lowest BCUT2D eigenvalue weighted by molar-refractivity contribution is 0.0697. The van der Waals surface area contributed by atoms with Gasteiger partial charge in [0.05, 0.1) is 17.2 Å². The van der Waals surface area contributed by atoms with Crippen LogP contribution in [0, 0.1) is 11.3 Å². The van der Waals surface area contributed by atoms with Gasteiger partial charge >= 0.3 is 5.97 Å². The molecule has 0 unspecified atom stereocenters. The smallest absolute Gasteiger partial charge is 0.336 e. The Kier molecular flexibility index (Phi) is 3.70. The van der Waals surface area contributed by atoms with Crippen LogP contribution in [0.2, 0.25) is 10.3 Å². The molecule has 0 bridgehead atoms. The fourth-order valence-electron chi connectivity index (χ4n) is 1.66. The third kappa shape index (κ3) is 2.84. The highest BCUT2D eigenvalue weighted by Crippen LogP contribution is 2.28. The van der Waals surface area contributed by atoms with Gasteiger partial charge in [-0.3, -0.25) is 0 Å². The van der Waals surface area contributed by atoms with Crippen molar-refractivity contribution in [2.45, 2.75) is 0 Å². The maximum Gasteiger partial charge on any atom is 0.336 e. The fourth-order valence-corrected chi connectivity index (χ4v) is 2.12. The number of carbonyl (C=O) groups is 1. The average molecular weight is 293 g/mol. The number of nitriles is 1. The highest BCUT2D eigenvalue weighted by Gasteiger charge is 2.14. The largest absolute Gasteiger partial charge is 0.478 e. The van der Waals surface area contributed by atoms with E-state index in [4.69, 9.17) is 33.6 Å². The molecule has 0 spiro atoms. The van der Waals surface area contributed by atoms with Gasteiger partial charge in [0.1, 0.15) is 10.3 Å². The molecule has 0 saturated carbocycles. The van der Waals surface area contributed by atoms with Gasteiger partial charge in [-0.05, 0) is 41.5 Å². The van der Waals surface area contributed by atoms with Crippen molar-refractivity contribution < 1.29 is 9.90 Å². The van der Waals surface area contributed by atoms with Crippen LogP contribution >= 0.6 is 23.2 Å². The fraction of sp³-hybridized carbons (Fsp3) is 0. The minimum atomic E-state index is -1.09. The molecule has 0 aliphatic heterocycles. The number of carboxylic acids is 1. The Bertz CT molecular complexity index is 688. The first-order chi connectivity index (χ1) is 9.01. The number of benzene rings is 1. The summed E-state index contributed by atoms with van der Waals surface area (Å²) in [4.78, 5) is 15.0. The van der Waals surface area contributed by atoms with Crippen molar-refractivity contribution in [3.63, 3.8) is 0 Å². The van der Waals surface area contributed by atoms with E-state index in [0.717, 1.165) is 0 Å². The Morgan fingerprint density at radius 1 is 1.21 bits per heavy atom. The molecular weight excluding hydrogens is 287 g/mol. The van der Waals surface area contributed by atoms with Crippen LogP contribution in [-0.2, 0) is 0 Å². The van der Waals surface area contributed by atoms with Crippen LogP contribution in [0.15, 0.2) is 30.3 Å². The molecule has 0 saturated heterocycles. The number of aromatic carboxylic acids is 1. The summed E-state index contributed by atoms with van der Waals surface area (Å²) in [5.41, 5.74) is 1.29. The van der Waals surface area contributed by atoms with Crippen molar-refractivity contribution in [3.05, 3.63) is 51.8 Å². The molecule has 94 valence electrons. The lowest BCUT2D eigenvalue weighted by Gasteiger charge is -2.07. The molecule has 2 aromatic rings. The third-order valence-electron chi connectivity index (χ3n) is 2.45. The van der Waals surface area contributed by atoms with Crippen LogP contribution < -0.4 is 0 Å². The second-order valence-corrected chi connectivity index (χ2v) is 4.45. The summed E-state index contributed by atoms with van der Waals surface area (Å²) in [6, 6.07) is 9.24. The molecule has 0 aliphatic carbocycles. The van der Waals surface area contributed by atoms with E-state index in [9.17, 15) is 4.79 Å². The van der Waals surface area contributed by atoms with Crippen molar-refractivity contribution in [2.75, 3.05) is 0 Å². The van der Waals surface area contributed by atoms with E-state index >= 15 is 0 Å². The molecular formula is C13H6Cl2N2O2. The van der Waals surface area contributed by atoms with Crippen molar-refractivity contribution >= 4 is 29.2 Å². The SMILES string of the molecule is N#Cc1ccc(C(=O)O)c(-c2cc(Cl)nc(Cl)c2)c1. The normalized spacial score (nSPS) is 9.95. The number of rotatable bonds is 2. The first-order valence-electron chi connectivity index (χ1n) is 5.12. The van der Waals surface area contributed by atoms with E-state index < -0.39 is 5.97 Å². The van der Waals surface area contributed by atoms with Gasteiger partial charge < -0.3 is 5.11 Å². The zero-order valence-corrected chi connectivity index (χ0v) is 10.9. The molecule has 2 rings (SSSR count). The van der Waals surface area contributed by atoms with Crippen LogP contribution in [0.5, 0.6) is 0 Å².